The second kappa shape index (κ2) is 8.97. The van der Waals surface area contributed by atoms with Gasteiger partial charge in [-0.1, -0.05) is 42.3 Å². The molecule has 2 aromatic rings. The van der Waals surface area contributed by atoms with Crippen LogP contribution in [0, 0.1) is 5.92 Å². The summed E-state index contributed by atoms with van der Waals surface area (Å²) in [6, 6.07) is 10.9. The number of methoxy groups -OCH3 is 2. The maximum atomic E-state index is 12.3. The molecule has 1 amide bonds. The molecule has 25 heavy (non-hydrogen) atoms. The van der Waals surface area contributed by atoms with Crippen molar-refractivity contribution in [3.05, 3.63) is 57.6 Å². The number of amides is 1. The Bertz CT molecular complexity index is 749. The van der Waals surface area contributed by atoms with E-state index in [1.807, 2.05) is 31.2 Å². The summed E-state index contributed by atoms with van der Waals surface area (Å²) in [5.41, 5.74) is 1.84. The highest BCUT2D eigenvalue weighted by atomic mass is 35.5. The predicted octanol–water partition coefficient (Wildman–Crippen LogP) is 4.51. The van der Waals surface area contributed by atoms with Gasteiger partial charge in [-0.15, -0.1) is 0 Å². The molecule has 2 aromatic carbocycles. The van der Waals surface area contributed by atoms with Crippen molar-refractivity contribution >= 4 is 29.1 Å². The Labute approximate surface area is 158 Å². The lowest BCUT2D eigenvalue weighted by atomic mass is 10.00. The van der Waals surface area contributed by atoms with E-state index < -0.39 is 0 Å². The molecule has 0 saturated carbocycles. The van der Waals surface area contributed by atoms with E-state index in [4.69, 9.17) is 32.7 Å². The normalized spacial score (nSPS) is 11.7. The number of ether oxygens (including phenoxy) is 2. The molecule has 0 heterocycles. The Kier molecular flexibility index (Phi) is 6.97. The van der Waals surface area contributed by atoms with Gasteiger partial charge < -0.3 is 14.8 Å². The summed E-state index contributed by atoms with van der Waals surface area (Å²) in [5.74, 6) is 1.04. The van der Waals surface area contributed by atoms with E-state index in [2.05, 4.69) is 5.32 Å². The molecule has 0 fully saturated rings. The SMILES string of the molecule is COc1ccc(CNC(=O)C(C)Cc2ccc(Cl)cc2Cl)cc1OC. The molecule has 6 heteroatoms. The van der Waals surface area contributed by atoms with Gasteiger partial charge in [0.05, 0.1) is 14.2 Å². The van der Waals surface area contributed by atoms with E-state index in [1.165, 1.54) is 0 Å². The summed E-state index contributed by atoms with van der Waals surface area (Å²) >= 11 is 12.1. The molecule has 0 spiro atoms. The molecule has 0 aromatic heterocycles. The van der Waals surface area contributed by atoms with Crippen molar-refractivity contribution in [2.75, 3.05) is 14.2 Å². The number of rotatable bonds is 7. The molecule has 1 atom stereocenters. The van der Waals surface area contributed by atoms with Crippen LogP contribution in [0.1, 0.15) is 18.1 Å². The monoisotopic (exact) mass is 381 g/mol. The van der Waals surface area contributed by atoms with Crippen LogP contribution >= 0.6 is 23.2 Å². The highest BCUT2D eigenvalue weighted by Crippen LogP contribution is 2.27. The lowest BCUT2D eigenvalue weighted by Crippen LogP contribution is -2.29. The lowest BCUT2D eigenvalue weighted by Gasteiger charge is -2.14. The number of hydrogen-bond acceptors (Lipinski definition) is 3. The Morgan fingerprint density at radius 3 is 2.44 bits per heavy atom. The molecule has 0 saturated heterocycles. The van der Waals surface area contributed by atoms with Gasteiger partial charge in [-0.3, -0.25) is 4.79 Å². The first-order valence-electron chi connectivity index (χ1n) is 7.87. The molecule has 4 nitrogen and oxygen atoms in total. The Balaban J connectivity index is 1.95. The molecule has 1 N–H and O–H groups in total. The van der Waals surface area contributed by atoms with E-state index >= 15 is 0 Å². The fourth-order valence-corrected chi connectivity index (χ4v) is 2.95. The summed E-state index contributed by atoms with van der Waals surface area (Å²) in [5, 5.41) is 4.09. The first-order chi connectivity index (χ1) is 11.9. The summed E-state index contributed by atoms with van der Waals surface area (Å²) in [6.45, 7) is 2.28. The minimum Gasteiger partial charge on any atom is -0.493 e. The van der Waals surface area contributed by atoms with Gasteiger partial charge >= 0.3 is 0 Å². The standard InChI is InChI=1S/C19H21Cl2NO3/c1-12(8-14-5-6-15(20)10-16(14)21)19(23)22-11-13-4-7-17(24-2)18(9-13)25-3/h4-7,9-10,12H,8,11H2,1-3H3,(H,22,23). The molecule has 0 radical (unpaired) electrons. The first-order valence-corrected chi connectivity index (χ1v) is 8.62. The van der Waals surface area contributed by atoms with Crippen molar-refractivity contribution in [1.29, 1.82) is 0 Å². The minimum atomic E-state index is -0.209. The van der Waals surface area contributed by atoms with E-state index in [9.17, 15) is 4.79 Å². The summed E-state index contributed by atoms with van der Waals surface area (Å²) in [4.78, 5) is 12.3. The Hall–Kier alpha value is -1.91. The molecular formula is C19H21Cl2NO3. The Morgan fingerprint density at radius 2 is 1.80 bits per heavy atom. The second-order valence-corrected chi connectivity index (χ2v) is 6.59. The first kappa shape index (κ1) is 19.4. The fraction of sp³-hybridized carbons (Fsp3) is 0.316. The second-order valence-electron chi connectivity index (χ2n) is 5.75. The minimum absolute atomic E-state index is 0.0409. The Morgan fingerprint density at radius 1 is 1.08 bits per heavy atom. The highest BCUT2D eigenvalue weighted by Gasteiger charge is 2.15. The molecule has 134 valence electrons. The van der Waals surface area contributed by atoms with Gasteiger partial charge in [0.2, 0.25) is 5.91 Å². The van der Waals surface area contributed by atoms with Gasteiger partial charge in [0.1, 0.15) is 0 Å². The van der Waals surface area contributed by atoms with Crippen molar-refractivity contribution in [3.8, 4) is 11.5 Å². The van der Waals surface area contributed by atoms with E-state index in [-0.39, 0.29) is 11.8 Å². The summed E-state index contributed by atoms with van der Waals surface area (Å²) < 4.78 is 10.5. The average molecular weight is 382 g/mol. The van der Waals surface area contributed by atoms with Gasteiger partial charge in [0.25, 0.3) is 0 Å². The number of hydrogen-bond donors (Lipinski definition) is 1. The lowest BCUT2D eigenvalue weighted by molar-refractivity contribution is -0.124. The number of carbonyl (C=O) groups excluding carboxylic acids is 1. The van der Waals surface area contributed by atoms with Crippen LogP contribution in [-0.4, -0.2) is 20.1 Å². The van der Waals surface area contributed by atoms with Crippen LogP contribution in [0.25, 0.3) is 0 Å². The zero-order valence-electron chi connectivity index (χ0n) is 14.4. The third-order valence-electron chi connectivity index (χ3n) is 3.90. The van der Waals surface area contributed by atoms with E-state index in [1.54, 1.807) is 26.4 Å². The van der Waals surface area contributed by atoms with E-state index in [0.717, 1.165) is 11.1 Å². The zero-order valence-corrected chi connectivity index (χ0v) is 15.9. The smallest absolute Gasteiger partial charge is 0.223 e. The third kappa shape index (κ3) is 5.28. The molecule has 0 aliphatic rings. The molecule has 2 rings (SSSR count). The molecule has 0 aliphatic heterocycles. The van der Waals surface area contributed by atoms with Gasteiger partial charge in [-0.2, -0.15) is 0 Å². The van der Waals surface area contributed by atoms with Gasteiger partial charge in [-0.05, 0) is 41.8 Å². The summed E-state index contributed by atoms with van der Waals surface area (Å²) in [7, 11) is 3.17. The van der Waals surface area contributed by atoms with Crippen LogP contribution in [-0.2, 0) is 17.8 Å². The van der Waals surface area contributed by atoms with Crippen LogP contribution in [0.5, 0.6) is 11.5 Å². The fourth-order valence-electron chi connectivity index (χ4n) is 2.46. The highest BCUT2D eigenvalue weighted by molar-refractivity contribution is 6.35. The summed E-state index contributed by atoms with van der Waals surface area (Å²) in [6.07, 6.45) is 0.549. The van der Waals surface area contributed by atoms with Crippen molar-refractivity contribution in [1.82, 2.24) is 5.32 Å². The molecule has 1 unspecified atom stereocenters. The van der Waals surface area contributed by atoms with Crippen molar-refractivity contribution in [2.45, 2.75) is 19.9 Å². The topological polar surface area (TPSA) is 47.6 Å². The number of nitrogens with one attached hydrogen (secondary N) is 1. The van der Waals surface area contributed by atoms with E-state index in [0.29, 0.717) is 34.5 Å². The van der Waals surface area contributed by atoms with Crippen LogP contribution < -0.4 is 14.8 Å². The molecule has 0 bridgehead atoms. The third-order valence-corrected chi connectivity index (χ3v) is 4.49. The van der Waals surface area contributed by atoms with Gasteiger partial charge in [-0.25, -0.2) is 0 Å². The van der Waals surface area contributed by atoms with Crippen LogP contribution in [0.4, 0.5) is 0 Å². The maximum Gasteiger partial charge on any atom is 0.223 e. The number of carbonyl (C=O) groups is 1. The number of benzene rings is 2. The van der Waals surface area contributed by atoms with Gasteiger partial charge in [0.15, 0.2) is 11.5 Å². The predicted molar refractivity (Wildman–Crippen MR) is 101 cm³/mol. The quantitative estimate of drug-likeness (QED) is 0.767. The van der Waals surface area contributed by atoms with Crippen molar-refractivity contribution in [2.24, 2.45) is 5.92 Å². The molecular weight excluding hydrogens is 361 g/mol. The van der Waals surface area contributed by atoms with Crippen molar-refractivity contribution in [3.63, 3.8) is 0 Å². The maximum absolute atomic E-state index is 12.3. The largest absolute Gasteiger partial charge is 0.493 e. The van der Waals surface area contributed by atoms with Crippen molar-refractivity contribution < 1.29 is 14.3 Å². The molecule has 0 aliphatic carbocycles. The van der Waals surface area contributed by atoms with Crippen LogP contribution in [0.15, 0.2) is 36.4 Å². The zero-order chi connectivity index (χ0) is 18.4. The average Bonchev–Trinajstić information content (AvgIpc) is 2.61. The van der Waals surface area contributed by atoms with Crippen LogP contribution in [0.3, 0.4) is 0 Å². The van der Waals surface area contributed by atoms with Crippen LogP contribution in [0.2, 0.25) is 10.0 Å². The number of halogens is 2. The van der Waals surface area contributed by atoms with Gasteiger partial charge in [0, 0.05) is 22.5 Å².